The van der Waals surface area contributed by atoms with Gasteiger partial charge in [-0.25, -0.2) is 12.8 Å². The van der Waals surface area contributed by atoms with Gasteiger partial charge in [-0.2, -0.15) is 5.26 Å². The predicted molar refractivity (Wildman–Crippen MR) is 66.2 cm³/mol. The second kappa shape index (κ2) is 6.03. The van der Waals surface area contributed by atoms with Crippen molar-refractivity contribution in [2.75, 3.05) is 17.3 Å². The minimum absolute atomic E-state index is 0.0353. The number of rotatable bonds is 5. The van der Waals surface area contributed by atoms with Crippen LogP contribution in [-0.4, -0.2) is 25.7 Å². The minimum Gasteiger partial charge on any atom is -0.229 e. The number of nitriles is 1. The van der Waals surface area contributed by atoms with E-state index < -0.39 is 15.7 Å². The molecule has 1 aromatic rings. The van der Waals surface area contributed by atoms with Crippen molar-refractivity contribution in [2.45, 2.75) is 11.8 Å². The van der Waals surface area contributed by atoms with E-state index >= 15 is 0 Å². The standard InChI is InChI=1S/C11H12FNO2S2/c1-2-17(14,15)6-5-16-11-4-3-9(8-13)7-10(11)12/h3-4,7H,2,5-6H2,1H3. The van der Waals surface area contributed by atoms with Crippen molar-refractivity contribution in [1.29, 1.82) is 5.26 Å². The van der Waals surface area contributed by atoms with Crippen LogP contribution in [0.1, 0.15) is 12.5 Å². The fraction of sp³-hybridized carbons (Fsp3) is 0.364. The van der Waals surface area contributed by atoms with Gasteiger partial charge in [0.15, 0.2) is 9.84 Å². The van der Waals surface area contributed by atoms with Crippen LogP contribution < -0.4 is 0 Å². The maximum atomic E-state index is 13.4. The zero-order chi connectivity index (χ0) is 12.9. The molecule has 0 radical (unpaired) electrons. The van der Waals surface area contributed by atoms with Crippen molar-refractivity contribution >= 4 is 21.6 Å². The number of nitrogens with zero attached hydrogens (tertiary/aromatic N) is 1. The summed E-state index contributed by atoms with van der Waals surface area (Å²) in [5.74, 6) is -0.0290. The quantitative estimate of drug-likeness (QED) is 0.772. The molecule has 0 saturated carbocycles. The van der Waals surface area contributed by atoms with Gasteiger partial charge < -0.3 is 0 Å². The molecule has 0 saturated heterocycles. The highest BCUT2D eigenvalue weighted by molar-refractivity contribution is 8.00. The minimum atomic E-state index is -3.01. The van der Waals surface area contributed by atoms with Crippen molar-refractivity contribution in [3.63, 3.8) is 0 Å². The van der Waals surface area contributed by atoms with E-state index in [1.54, 1.807) is 6.92 Å². The molecule has 17 heavy (non-hydrogen) atoms. The lowest BCUT2D eigenvalue weighted by molar-refractivity contribution is 0.597. The molecule has 6 heteroatoms. The molecule has 0 atom stereocenters. The highest BCUT2D eigenvalue weighted by Gasteiger charge is 2.09. The van der Waals surface area contributed by atoms with Crippen LogP contribution in [0.15, 0.2) is 23.1 Å². The van der Waals surface area contributed by atoms with Gasteiger partial charge in [-0.3, -0.25) is 0 Å². The van der Waals surface area contributed by atoms with Crippen LogP contribution in [0.25, 0.3) is 0 Å². The molecule has 0 bridgehead atoms. The average molecular weight is 273 g/mol. The molecule has 0 aliphatic rings. The zero-order valence-corrected chi connectivity index (χ0v) is 10.9. The number of thioether (sulfide) groups is 1. The first-order chi connectivity index (χ1) is 7.98. The number of sulfone groups is 1. The Bertz CT molecular complexity index is 535. The Hall–Kier alpha value is -1.06. The summed E-state index contributed by atoms with van der Waals surface area (Å²) in [5, 5.41) is 8.56. The molecular weight excluding hydrogens is 261 g/mol. The van der Waals surface area contributed by atoms with Gasteiger partial charge in [-0.15, -0.1) is 11.8 Å². The van der Waals surface area contributed by atoms with Crippen LogP contribution in [0.5, 0.6) is 0 Å². The fourth-order valence-electron chi connectivity index (χ4n) is 1.11. The lowest BCUT2D eigenvalue weighted by atomic mass is 10.2. The van der Waals surface area contributed by atoms with E-state index in [2.05, 4.69) is 0 Å². The van der Waals surface area contributed by atoms with Gasteiger partial charge in [0.05, 0.1) is 17.4 Å². The summed E-state index contributed by atoms with van der Waals surface area (Å²) >= 11 is 1.14. The third kappa shape index (κ3) is 4.36. The normalized spacial score (nSPS) is 11.1. The highest BCUT2D eigenvalue weighted by Crippen LogP contribution is 2.22. The van der Waals surface area contributed by atoms with Crippen molar-refractivity contribution < 1.29 is 12.8 Å². The van der Waals surface area contributed by atoms with E-state index in [1.807, 2.05) is 6.07 Å². The molecule has 3 nitrogen and oxygen atoms in total. The first-order valence-corrected chi connectivity index (χ1v) is 7.82. The maximum Gasteiger partial charge on any atom is 0.150 e. The molecule has 1 aromatic carbocycles. The van der Waals surface area contributed by atoms with E-state index in [9.17, 15) is 12.8 Å². The first kappa shape index (κ1) is 14.0. The van der Waals surface area contributed by atoms with E-state index in [1.165, 1.54) is 12.1 Å². The Kier molecular flexibility index (Phi) is 4.97. The second-order valence-corrected chi connectivity index (χ2v) is 6.95. The van der Waals surface area contributed by atoms with Gasteiger partial charge in [0.25, 0.3) is 0 Å². The zero-order valence-electron chi connectivity index (χ0n) is 9.31. The van der Waals surface area contributed by atoms with Crippen LogP contribution in [-0.2, 0) is 9.84 Å². The third-order valence-corrected chi connectivity index (χ3v) is 5.17. The van der Waals surface area contributed by atoms with Gasteiger partial charge >= 0.3 is 0 Å². The van der Waals surface area contributed by atoms with Gasteiger partial charge in [0, 0.05) is 16.4 Å². The van der Waals surface area contributed by atoms with Gasteiger partial charge in [0.1, 0.15) is 5.82 Å². The Morgan fingerprint density at radius 1 is 1.47 bits per heavy atom. The molecule has 0 spiro atoms. The molecule has 0 N–H and O–H groups in total. The van der Waals surface area contributed by atoms with Crippen LogP contribution in [0, 0.1) is 17.1 Å². The molecule has 1 rings (SSSR count). The molecule has 0 aromatic heterocycles. The lowest BCUT2D eigenvalue weighted by Crippen LogP contribution is -2.10. The largest absolute Gasteiger partial charge is 0.229 e. The van der Waals surface area contributed by atoms with Crippen molar-refractivity contribution in [3.05, 3.63) is 29.6 Å². The summed E-state index contributed by atoms with van der Waals surface area (Å²) in [7, 11) is -3.01. The molecule has 0 fully saturated rings. The fourth-order valence-corrected chi connectivity index (χ4v) is 3.33. The van der Waals surface area contributed by atoms with Crippen LogP contribution in [0.4, 0.5) is 4.39 Å². The van der Waals surface area contributed by atoms with Crippen molar-refractivity contribution in [2.24, 2.45) is 0 Å². The Labute approximate surface area is 105 Å². The SMILES string of the molecule is CCS(=O)(=O)CCSc1ccc(C#N)cc1F. The smallest absolute Gasteiger partial charge is 0.150 e. The topological polar surface area (TPSA) is 57.9 Å². The van der Waals surface area contributed by atoms with Crippen molar-refractivity contribution in [1.82, 2.24) is 0 Å². The molecule has 0 aliphatic heterocycles. The van der Waals surface area contributed by atoms with Crippen molar-refractivity contribution in [3.8, 4) is 6.07 Å². The summed E-state index contributed by atoms with van der Waals surface area (Å²) in [5.41, 5.74) is 0.257. The maximum absolute atomic E-state index is 13.4. The first-order valence-electron chi connectivity index (χ1n) is 5.01. The van der Waals surface area contributed by atoms with Gasteiger partial charge in [-0.1, -0.05) is 6.92 Å². The number of hydrogen-bond donors (Lipinski definition) is 0. The third-order valence-electron chi connectivity index (χ3n) is 2.15. The molecular formula is C11H12FNO2S2. The van der Waals surface area contributed by atoms with Gasteiger partial charge in [-0.05, 0) is 18.2 Å². The molecule has 0 aliphatic carbocycles. The molecule has 92 valence electrons. The predicted octanol–water partition coefficient (Wildman–Crippen LogP) is 2.22. The molecule has 0 heterocycles. The monoisotopic (exact) mass is 273 g/mol. The van der Waals surface area contributed by atoms with Crippen LogP contribution >= 0.6 is 11.8 Å². The Morgan fingerprint density at radius 3 is 2.71 bits per heavy atom. The Balaban J connectivity index is 2.62. The highest BCUT2D eigenvalue weighted by atomic mass is 32.2. The number of benzene rings is 1. The second-order valence-electron chi connectivity index (χ2n) is 3.34. The van der Waals surface area contributed by atoms with E-state index in [0.717, 1.165) is 17.8 Å². The summed E-state index contributed by atoms with van der Waals surface area (Å²) in [6, 6.07) is 6.00. The molecule has 0 amide bonds. The summed E-state index contributed by atoms with van der Waals surface area (Å²) in [4.78, 5) is 0.371. The Morgan fingerprint density at radius 2 is 2.18 bits per heavy atom. The summed E-state index contributed by atoms with van der Waals surface area (Å²) in [6.07, 6.45) is 0. The van der Waals surface area contributed by atoms with Gasteiger partial charge in [0.2, 0.25) is 0 Å². The number of halogens is 1. The summed E-state index contributed by atoms with van der Waals surface area (Å²) in [6.45, 7) is 1.59. The van der Waals surface area contributed by atoms with E-state index in [-0.39, 0.29) is 17.1 Å². The van der Waals surface area contributed by atoms with Crippen LogP contribution in [0.2, 0.25) is 0 Å². The number of hydrogen-bond acceptors (Lipinski definition) is 4. The van der Waals surface area contributed by atoms with Crippen LogP contribution in [0.3, 0.4) is 0 Å². The average Bonchev–Trinajstić information content (AvgIpc) is 2.31. The van der Waals surface area contributed by atoms with E-state index in [0.29, 0.717) is 10.6 Å². The lowest BCUT2D eigenvalue weighted by Gasteiger charge is -2.03. The summed E-state index contributed by atoms with van der Waals surface area (Å²) < 4.78 is 35.9. The molecule has 0 unspecified atom stereocenters. The van der Waals surface area contributed by atoms with E-state index in [4.69, 9.17) is 5.26 Å².